The fourth-order valence-corrected chi connectivity index (χ4v) is 2.95. The van der Waals surface area contributed by atoms with Gasteiger partial charge >= 0.3 is 0 Å². The number of carbonyl (C=O) groups excluding carboxylic acids is 1. The topological polar surface area (TPSA) is 26.3 Å². The maximum atomic E-state index is 12.3. The number of ketones is 1. The Balaban J connectivity index is 1.75. The molecule has 0 unspecified atom stereocenters. The second-order valence-electron chi connectivity index (χ2n) is 5.53. The summed E-state index contributed by atoms with van der Waals surface area (Å²) in [5.41, 5.74) is 4.27. The van der Waals surface area contributed by atoms with Crippen molar-refractivity contribution in [2.45, 2.75) is 26.2 Å². The molecule has 1 heterocycles. The highest BCUT2D eigenvalue weighted by atomic mass is 35.5. The molecular formula is C18H17ClO2. The second-order valence-corrected chi connectivity index (χ2v) is 5.97. The van der Waals surface area contributed by atoms with Crippen LogP contribution in [0.2, 0.25) is 5.02 Å². The maximum absolute atomic E-state index is 12.3. The number of halogens is 1. The molecule has 0 fully saturated rings. The van der Waals surface area contributed by atoms with Gasteiger partial charge < -0.3 is 4.74 Å². The molecule has 0 saturated carbocycles. The molecule has 108 valence electrons. The first-order valence-electron chi connectivity index (χ1n) is 7.13. The lowest BCUT2D eigenvalue weighted by molar-refractivity contribution is -0.117. The van der Waals surface area contributed by atoms with Gasteiger partial charge in [-0.2, -0.15) is 0 Å². The second kappa shape index (κ2) is 5.90. The molecule has 0 amide bonds. The van der Waals surface area contributed by atoms with Crippen molar-refractivity contribution >= 4 is 17.4 Å². The first-order chi connectivity index (χ1) is 10.1. The minimum atomic E-state index is 0.179. The van der Waals surface area contributed by atoms with Crippen molar-refractivity contribution in [3.05, 3.63) is 63.7 Å². The number of hydrogen-bond acceptors (Lipinski definition) is 2. The van der Waals surface area contributed by atoms with Gasteiger partial charge in [0, 0.05) is 29.8 Å². The number of rotatable bonds is 4. The zero-order valence-corrected chi connectivity index (χ0v) is 12.7. The minimum Gasteiger partial charge on any atom is -0.493 e. The number of ether oxygens (including phenoxy) is 1. The maximum Gasteiger partial charge on any atom is 0.141 e. The fourth-order valence-electron chi connectivity index (χ4n) is 2.69. The van der Waals surface area contributed by atoms with Crippen molar-refractivity contribution in [1.29, 1.82) is 0 Å². The van der Waals surface area contributed by atoms with E-state index < -0.39 is 0 Å². The van der Waals surface area contributed by atoms with Crippen LogP contribution in [-0.4, -0.2) is 12.4 Å². The van der Waals surface area contributed by atoms with Gasteiger partial charge in [0.2, 0.25) is 0 Å². The zero-order chi connectivity index (χ0) is 14.8. The van der Waals surface area contributed by atoms with E-state index in [4.69, 9.17) is 16.3 Å². The molecule has 0 spiro atoms. The first kappa shape index (κ1) is 14.2. The van der Waals surface area contributed by atoms with E-state index in [1.165, 1.54) is 5.56 Å². The van der Waals surface area contributed by atoms with E-state index in [1.807, 2.05) is 43.3 Å². The summed E-state index contributed by atoms with van der Waals surface area (Å²) in [5.74, 6) is 1.04. The lowest BCUT2D eigenvalue weighted by Crippen LogP contribution is -2.07. The number of aryl methyl sites for hydroxylation is 1. The van der Waals surface area contributed by atoms with Crippen LogP contribution in [0.1, 0.15) is 22.3 Å². The van der Waals surface area contributed by atoms with Crippen LogP contribution >= 0.6 is 11.6 Å². The average Bonchev–Trinajstić information content (AvgIpc) is 2.89. The van der Waals surface area contributed by atoms with E-state index in [1.54, 1.807) is 0 Å². The molecule has 0 radical (unpaired) electrons. The largest absolute Gasteiger partial charge is 0.493 e. The summed E-state index contributed by atoms with van der Waals surface area (Å²) >= 11 is 6.12. The van der Waals surface area contributed by atoms with E-state index in [0.717, 1.165) is 28.9 Å². The van der Waals surface area contributed by atoms with E-state index in [9.17, 15) is 4.79 Å². The Kier molecular flexibility index (Phi) is 3.98. The lowest BCUT2D eigenvalue weighted by Gasteiger charge is -2.08. The number of hydrogen-bond donors (Lipinski definition) is 0. The van der Waals surface area contributed by atoms with Crippen molar-refractivity contribution in [2.24, 2.45) is 0 Å². The van der Waals surface area contributed by atoms with Gasteiger partial charge in [-0.1, -0.05) is 41.4 Å². The normalized spacial score (nSPS) is 12.9. The van der Waals surface area contributed by atoms with Crippen LogP contribution in [0, 0.1) is 6.92 Å². The third-order valence-electron chi connectivity index (χ3n) is 3.73. The van der Waals surface area contributed by atoms with Gasteiger partial charge in [-0.25, -0.2) is 0 Å². The van der Waals surface area contributed by atoms with Crippen LogP contribution in [0.15, 0.2) is 36.4 Å². The highest BCUT2D eigenvalue weighted by molar-refractivity contribution is 6.30. The van der Waals surface area contributed by atoms with Crippen molar-refractivity contribution in [1.82, 2.24) is 0 Å². The molecule has 1 aliphatic heterocycles. The lowest BCUT2D eigenvalue weighted by atomic mass is 9.99. The fraction of sp³-hybridized carbons (Fsp3) is 0.278. The molecular weight excluding hydrogens is 284 g/mol. The van der Waals surface area contributed by atoms with E-state index in [0.29, 0.717) is 24.5 Å². The molecule has 0 saturated heterocycles. The molecule has 0 aromatic heterocycles. The van der Waals surface area contributed by atoms with Crippen molar-refractivity contribution in [3.8, 4) is 5.75 Å². The third kappa shape index (κ3) is 3.27. The summed E-state index contributed by atoms with van der Waals surface area (Å²) < 4.78 is 5.64. The molecule has 0 bridgehead atoms. The molecule has 2 aromatic carbocycles. The predicted octanol–water partition coefficient (Wildman–Crippen LogP) is 3.94. The SMILES string of the molecule is Cc1ccc(CC(=O)Cc2cc(Cl)cc3c2OCC3)cc1. The predicted molar refractivity (Wildman–Crippen MR) is 84.2 cm³/mol. The number of fused-ring (bicyclic) bond motifs is 1. The quantitative estimate of drug-likeness (QED) is 0.855. The zero-order valence-electron chi connectivity index (χ0n) is 12.0. The smallest absolute Gasteiger partial charge is 0.141 e. The summed E-state index contributed by atoms with van der Waals surface area (Å²) in [5, 5.41) is 0.678. The summed E-state index contributed by atoms with van der Waals surface area (Å²) in [6.45, 7) is 2.72. The van der Waals surface area contributed by atoms with Crippen molar-refractivity contribution in [2.75, 3.05) is 6.61 Å². The van der Waals surface area contributed by atoms with Gasteiger partial charge in [0.1, 0.15) is 11.5 Å². The molecule has 21 heavy (non-hydrogen) atoms. The molecule has 0 aliphatic carbocycles. The molecule has 3 heteroatoms. The van der Waals surface area contributed by atoms with Crippen molar-refractivity contribution < 1.29 is 9.53 Å². The Morgan fingerprint density at radius 1 is 1.19 bits per heavy atom. The van der Waals surface area contributed by atoms with Crippen LogP contribution < -0.4 is 4.74 Å². The van der Waals surface area contributed by atoms with Gasteiger partial charge in [0.05, 0.1) is 6.61 Å². The molecule has 1 aliphatic rings. The van der Waals surface area contributed by atoms with Crippen LogP contribution in [0.25, 0.3) is 0 Å². The highest BCUT2D eigenvalue weighted by Crippen LogP contribution is 2.33. The molecule has 2 nitrogen and oxygen atoms in total. The number of Topliss-reactive ketones (excluding diaryl/α,β-unsaturated/α-hetero) is 1. The molecule has 2 aromatic rings. The Morgan fingerprint density at radius 3 is 2.71 bits per heavy atom. The van der Waals surface area contributed by atoms with Crippen LogP contribution in [0.5, 0.6) is 5.75 Å². The Morgan fingerprint density at radius 2 is 1.95 bits per heavy atom. The third-order valence-corrected chi connectivity index (χ3v) is 3.95. The Hall–Kier alpha value is -1.80. The first-order valence-corrected chi connectivity index (χ1v) is 7.51. The average molecular weight is 301 g/mol. The van der Waals surface area contributed by atoms with Crippen LogP contribution in [0.4, 0.5) is 0 Å². The minimum absolute atomic E-state index is 0.179. The number of benzene rings is 2. The Labute approximate surface area is 129 Å². The monoisotopic (exact) mass is 300 g/mol. The van der Waals surface area contributed by atoms with E-state index >= 15 is 0 Å². The summed E-state index contributed by atoms with van der Waals surface area (Å²) in [4.78, 5) is 12.3. The molecule has 3 rings (SSSR count). The van der Waals surface area contributed by atoms with Gasteiger partial charge in [-0.15, -0.1) is 0 Å². The summed E-state index contributed by atoms with van der Waals surface area (Å²) in [6.07, 6.45) is 1.69. The van der Waals surface area contributed by atoms with Crippen molar-refractivity contribution in [3.63, 3.8) is 0 Å². The van der Waals surface area contributed by atoms with Crippen LogP contribution in [-0.2, 0) is 24.1 Å². The van der Waals surface area contributed by atoms with Gasteiger partial charge in [-0.3, -0.25) is 4.79 Å². The summed E-state index contributed by atoms with van der Waals surface area (Å²) in [7, 11) is 0. The highest BCUT2D eigenvalue weighted by Gasteiger charge is 2.19. The van der Waals surface area contributed by atoms with E-state index in [-0.39, 0.29) is 5.78 Å². The molecule has 0 N–H and O–H groups in total. The van der Waals surface area contributed by atoms with Gasteiger partial charge in [0.25, 0.3) is 0 Å². The van der Waals surface area contributed by atoms with E-state index in [2.05, 4.69) is 0 Å². The number of carbonyl (C=O) groups is 1. The Bertz CT molecular complexity index is 674. The van der Waals surface area contributed by atoms with Gasteiger partial charge in [0.15, 0.2) is 0 Å². The summed E-state index contributed by atoms with van der Waals surface area (Å²) in [6, 6.07) is 11.8. The van der Waals surface area contributed by atoms with Gasteiger partial charge in [-0.05, 0) is 30.2 Å². The standard InChI is InChI=1S/C18H17ClO2/c1-12-2-4-13(5-3-12)8-17(20)11-15-10-16(19)9-14-6-7-21-18(14)15/h2-5,9-10H,6-8,11H2,1H3. The molecule has 0 atom stereocenters. The van der Waals surface area contributed by atoms with Crippen LogP contribution in [0.3, 0.4) is 0 Å².